The number of halogens is 2. The molecule has 32 nitrogen and oxygen atoms in total. The summed E-state index contributed by atoms with van der Waals surface area (Å²) in [7, 11) is 1.57. The van der Waals surface area contributed by atoms with Crippen molar-refractivity contribution in [3.63, 3.8) is 0 Å². The Morgan fingerprint density at radius 2 is 0.718 bits per heavy atom. The summed E-state index contributed by atoms with van der Waals surface area (Å²) in [4.78, 5) is 127. The van der Waals surface area contributed by atoms with Gasteiger partial charge in [-0.2, -0.15) is 9.37 Å². The van der Waals surface area contributed by atoms with Crippen molar-refractivity contribution in [2.75, 3.05) is 39.0 Å². The van der Waals surface area contributed by atoms with Crippen LogP contribution < -0.4 is 31.9 Å². The van der Waals surface area contributed by atoms with Crippen LogP contribution in [0.5, 0.6) is 0 Å². The van der Waals surface area contributed by atoms with Gasteiger partial charge in [-0.15, -0.1) is 0 Å². The molecule has 702 valence electrons. The van der Waals surface area contributed by atoms with Crippen molar-refractivity contribution in [2.24, 2.45) is 35.0 Å². The van der Waals surface area contributed by atoms with E-state index in [0.717, 1.165) is 157 Å². The number of amides is 6. The minimum absolute atomic E-state index is 0.00280. The van der Waals surface area contributed by atoms with Crippen molar-refractivity contribution in [1.82, 2.24) is 87.2 Å². The number of rotatable bonds is 26. The van der Waals surface area contributed by atoms with Crippen LogP contribution in [0.1, 0.15) is 299 Å². The number of anilines is 6. The van der Waals surface area contributed by atoms with Gasteiger partial charge in [0.25, 0.3) is 0 Å². The van der Waals surface area contributed by atoms with Crippen molar-refractivity contribution in [3.8, 4) is 0 Å². The van der Waals surface area contributed by atoms with E-state index in [1.165, 1.54) is 38.2 Å². The first-order valence-electron chi connectivity index (χ1n) is 46.9. The molecule has 6 amide bonds. The molecule has 6 saturated carbocycles. The van der Waals surface area contributed by atoms with E-state index in [0.29, 0.717) is 107 Å². The van der Waals surface area contributed by atoms with Gasteiger partial charge >= 0.3 is 0 Å². The molecule has 0 bridgehead atoms. The van der Waals surface area contributed by atoms with Crippen LogP contribution in [0.4, 0.5) is 40.1 Å². The number of hydrogen-bond acceptors (Lipinski definition) is 20. The highest BCUT2D eigenvalue weighted by Crippen LogP contribution is 2.44. The standard InChI is InChI=1S/C18H26N4O.C16H21ClN4O.C16H21FN4O2.C16H22N4O2.C16H22N4O.C15H20N4O/c1-5-18(3,4)11-15(23)21-17-20-14-10-9-12(2)19-16(14)22(17)13-7-6-8-13;1-9(2)10(3)15(22)20-16-18-12-7-8-13(17)19-14(12)21(16)11-5-4-6-11;1-16(2,23-3)9-13(22)20-15-18-11-7-8-12(17)19-14(11)21(15)10-5-4-6-10;1-10-7-8-12-14(17-10)20(11-5-4-6-11)15(18-12)19-13(21)9-16(2,3)22;1-10(2)11(3)15(21)19-16-18-13-8-5-9-17-14(13)20(16)12-6-4-7-12;1-10(2)9-13(20)18-15-17-12-7-4-8-16-14(12)19(15)11-5-3-6-11/h9-10,13H,5-8,11H2,1-4H3,(H,20,21,23);7-11H,4-6H2,1-3H3,(H,18,20,22);7-8,10H,4-6,9H2,1-3H3,(H,18,20,22);7-8,11,22H,4-6,9H2,1-3H3,(H,18,19,21);5,8-12H,4,6-7H2,1-3H3,(H,18,19,21);4,7-8,10-11H,3,5-6,9H2,1-2H3,(H,17,18,20)/t;10-;;;11-;/m.0..0./s1. The summed E-state index contributed by atoms with van der Waals surface area (Å²) in [5, 5.41) is 27.9. The number of nitrogens with zero attached hydrogens (tertiary/aromatic N) is 18. The number of imidazole rings is 6. The summed E-state index contributed by atoms with van der Waals surface area (Å²) in [5.74, 6) is 3.45. The minimum atomic E-state index is -1.04. The van der Waals surface area contributed by atoms with Crippen LogP contribution in [-0.2, 0) is 33.5 Å². The predicted molar refractivity (Wildman–Crippen MR) is 511 cm³/mol. The molecule has 7 N–H and O–H groups in total. The van der Waals surface area contributed by atoms with E-state index in [4.69, 9.17) is 16.3 Å². The SMILES string of the molecule is CC(C)CC(=O)Nc1nc2cccnc2n1C1CCC1.CC(C)[C@H](C)C(=O)Nc1nc2ccc(Cl)nc2n1C1CCC1.CC(C)[C@H](C)C(=O)Nc1nc2cccnc2n1C1CCC1.CCC(C)(C)CC(=O)Nc1nc2ccc(C)nc2n1C1CCC1.COC(C)(C)CC(=O)Nc1nc2ccc(F)nc2n1C1CCC1.Cc1ccc2nc(NC(=O)CC(C)(C)O)n(C3CCC3)c2n1. The molecule has 0 saturated heterocycles. The lowest BCUT2D eigenvalue weighted by molar-refractivity contribution is -0.122. The van der Waals surface area contributed by atoms with Gasteiger partial charge in [-0.3, -0.25) is 88.1 Å². The number of pyridine rings is 6. The molecule has 6 aliphatic rings. The Morgan fingerprint density at radius 1 is 0.412 bits per heavy atom. The second kappa shape index (κ2) is 42.1. The number of ether oxygens (including phenoxy) is 1. The number of methoxy groups -OCH3 is 1. The molecule has 12 aromatic rings. The van der Waals surface area contributed by atoms with E-state index in [1.807, 2.05) is 138 Å². The number of fused-ring (bicyclic) bond motifs is 6. The molecule has 12 aromatic heterocycles. The van der Waals surface area contributed by atoms with Crippen LogP contribution in [0.2, 0.25) is 5.15 Å². The van der Waals surface area contributed by atoms with Crippen molar-refractivity contribution in [2.45, 2.75) is 313 Å². The van der Waals surface area contributed by atoms with Crippen LogP contribution in [-0.4, -0.2) is 146 Å². The van der Waals surface area contributed by atoms with E-state index in [-0.39, 0.29) is 77.5 Å². The fourth-order valence-electron chi connectivity index (χ4n) is 15.9. The van der Waals surface area contributed by atoms with Gasteiger partial charge in [0.15, 0.2) is 33.9 Å². The predicted octanol–water partition coefficient (Wildman–Crippen LogP) is 20.4. The molecule has 12 heterocycles. The van der Waals surface area contributed by atoms with Crippen LogP contribution in [0.3, 0.4) is 0 Å². The lowest BCUT2D eigenvalue weighted by atomic mass is 9.86. The van der Waals surface area contributed by atoms with Gasteiger partial charge in [-0.25, -0.2) is 54.8 Å². The molecule has 0 aromatic carbocycles. The van der Waals surface area contributed by atoms with Crippen molar-refractivity contribution < 1.29 is 43.0 Å². The molecule has 6 fully saturated rings. The Kier molecular flexibility index (Phi) is 31.2. The normalized spacial score (nSPS) is 16.1. The third-order valence-electron chi connectivity index (χ3n) is 26.1. The van der Waals surface area contributed by atoms with Gasteiger partial charge in [0.1, 0.15) is 38.3 Å². The van der Waals surface area contributed by atoms with E-state index in [9.17, 15) is 38.3 Å². The van der Waals surface area contributed by atoms with Gasteiger partial charge in [0, 0.05) is 91.8 Å². The molecule has 2 atom stereocenters. The van der Waals surface area contributed by atoms with E-state index < -0.39 is 17.1 Å². The largest absolute Gasteiger partial charge is 0.390 e. The molecule has 34 heteroatoms. The maximum Gasteiger partial charge on any atom is 0.229 e. The summed E-state index contributed by atoms with van der Waals surface area (Å²) in [6.45, 7) is 33.4. The quantitative estimate of drug-likeness (QED) is 0.0248. The zero-order valence-corrected chi connectivity index (χ0v) is 80.1. The van der Waals surface area contributed by atoms with Gasteiger partial charge in [-0.1, -0.05) is 94.2 Å². The highest BCUT2D eigenvalue weighted by atomic mass is 35.5. The molecule has 0 aliphatic heterocycles. The van der Waals surface area contributed by atoms with Crippen LogP contribution in [0, 0.1) is 54.8 Å². The summed E-state index contributed by atoms with van der Waals surface area (Å²) in [6.07, 6.45) is 26.1. The zero-order valence-electron chi connectivity index (χ0n) is 79.3. The number of hydrogen-bond donors (Lipinski definition) is 7. The smallest absolute Gasteiger partial charge is 0.229 e. The molecule has 0 radical (unpaired) electrons. The molecule has 18 rings (SSSR count). The van der Waals surface area contributed by atoms with Gasteiger partial charge in [0.05, 0.1) is 24.0 Å². The topological polar surface area (TPSA) is 388 Å². The molecule has 131 heavy (non-hydrogen) atoms. The maximum atomic E-state index is 13.5. The minimum Gasteiger partial charge on any atom is -0.390 e. The molecule has 0 spiro atoms. The average molecular weight is 1820 g/mol. The zero-order chi connectivity index (χ0) is 94.1. The van der Waals surface area contributed by atoms with E-state index in [1.54, 1.807) is 45.5 Å². The highest BCUT2D eigenvalue weighted by Gasteiger charge is 2.36. The monoisotopic (exact) mass is 1820 g/mol. The number of nitrogens with one attached hydrogen (secondary N) is 6. The summed E-state index contributed by atoms with van der Waals surface area (Å²) in [5.41, 5.74) is 9.70. The Bertz CT molecular complexity index is 5920. The fraction of sp³-hybridized carbons (Fsp3) is 0.567. The first-order chi connectivity index (χ1) is 62.3. The fourth-order valence-corrected chi connectivity index (χ4v) is 16.0. The number of aliphatic hydroxyl groups is 1. The Balaban J connectivity index is 0.000000134. The second-order valence-electron chi connectivity index (χ2n) is 39.2. The van der Waals surface area contributed by atoms with Gasteiger partial charge in [-0.05, 0) is 253 Å². The molecule has 6 aliphatic carbocycles. The van der Waals surface area contributed by atoms with Crippen molar-refractivity contribution in [3.05, 3.63) is 108 Å². The lowest BCUT2D eigenvalue weighted by Crippen LogP contribution is -2.30. The van der Waals surface area contributed by atoms with E-state index >= 15 is 0 Å². The number of aromatic nitrogens is 18. The third kappa shape index (κ3) is 24.0. The van der Waals surface area contributed by atoms with Crippen molar-refractivity contribution in [1.29, 1.82) is 0 Å². The van der Waals surface area contributed by atoms with Crippen LogP contribution in [0.25, 0.3) is 67.0 Å². The first-order valence-corrected chi connectivity index (χ1v) is 47.2. The number of carbonyl (C=O) groups is 6. The van der Waals surface area contributed by atoms with Crippen LogP contribution in [0.15, 0.2) is 85.2 Å². The first kappa shape index (κ1) is 97.2. The maximum absolute atomic E-state index is 13.5. The summed E-state index contributed by atoms with van der Waals surface area (Å²) in [6, 6.07) is 24.0. The average Bonchev–Trinajstić information content (AvgIpc) is 1.64. The van der Waals surface area contributed by atoms with Gasteiger partial charge in [0.2, 0.25) is 77.1 Å². The summed E-state index contributed by atoms with van der Waals surface area (Å²) >= 11 is 6.02. The van der Waals surface area contributed by atoms with E-state index in [2.05, 4.69) is 140 Å². The number of aryl methyl sites for hydroxylation is 2. The molecular weight excluding hydrogens is 1680 g/mol. The third-order valence-corrected chi connectivity index (χ3v) is 26.3. The second-order valence-corrected chi connectivity index (χ2v) is 39.6. The van der Waals surface area contributed by atoms with Crippen molar-refractivity contribution >= 4 is 150 Å². The molecular formula is C97H132ClFN24O8. The Labute approximate surface area is 770 Å². The van der Waals surface area contributed by atoms with Crippen LogP contribution >= 0.6 is 11.6 Å². The molecule has 0 unspecified atom stereocenters. The lowest BCUT2D eigenvalue weighted by Gasteiger charge is -2.29. The number of carbonyl (C=O) groups excluding carboxylic acids is 6. The Morgan fingerprint density at radius 3 is 1.05 bits per heavy atom. The Hall–Kier alpha value is -11.3. The summed E-state index contributed by atoms with van der Waals surface area (Å²) < 4.78 is 31.0. The van der Waals surface area contributed by atoms with Gasteiger partial charge < -0.3 is 9.84 Å². The highest BCUT2D eigenvalue weighted by molar-refractivity contribution is 6.29.